The lowest BCUT2D eigenvalue weighted by Crippen LogP contribution is -2.47. The topological polar surface area (TPSA) is 72.9 Å². The van der Waals surface area contributed by atoms with E-state index in [0.717, 1.165) is 62.5 Å². The minimum Gasteiger partial charge on any atom is -0.478 e. The first-order chi connectivity index (χ1) is 18.4. The van der Waals surface area contributed by atoms with Crippen molar-refractivity contribution < 1.29 is 14.7 Å². The first kappa shape index (κ1) is 25.8. The first-order valence-corrected chi connectivity index (χ1v) is 13.1. The maximum absolute atomic E-state index is 11.8. The molecular formula is C31H30ClN3O3. The highest BCUT2D eigenvalue weighted by molar-refractivity contribution is 6.30. The Morgan fingerprint density at radius 1 is 0.974 bits per heavy atom. The molecule has 7 heteroatoms. The van der Waals surface area contributed by atoms with Crippen molar-refractivity contribution in [2.45, 2.75) is 12.8 Å². The van der Waals surface area contributed by atoms with Gasteiger partial charge in [0.25, 0.3) is 0 Å². The van der Waals surface area contributed by atoms with Gasteiger partial charge in [0.05, 0.1) is 11.3 Å². The standard InChI is InChI=1S/C31H30ClN3O3/c1-2-29(36)33-25-13-14-26-22(19-25)7-8-23(30(26)21-9-11-24(32)12-10-21)20-34-15-17-35(18-16-34)28-6-4-3-5-27(28)31(37)38/h2-6,9-14,19H,1,7-8,15-18,20H2,(H,33,36)(H,37,38). The summed E-state index contributed by atoms with van der Waals surface area (Å²) in [7, 11) is 0. The maximum atomic E-state index is 11.8. The third kappa shape index (κ3) is 5.52. The predicted molar refractivity (Wildman–Crippen MR) is 153 cm³/mol. The molecule has 194 valence electrons. The van der Waals surface area contributed by atoms with Crippen LogP contribution in [0.15, 0.2) is 85.0 Å². The first-order valence-electron chi connectivity index (χ1n) is 12.8. The fraction of sp³-hybridized carbons (Fsp3) is 0.226. The largest absolute Gasteiger partial charge is 0.478 e. The average molecular weight is 528 g/mol. The summed E-state index contributed by atoms with van der Waals surface area (Å²) in [6, 6.07) is 21.3. The van der Waals surface area contributed by atoms with Gasteiger partial charge in [0, 0.05) is 43.4 Å². The Morgan fingerprint density at radius 2 is 1.71 bits per heavy atom. The number of nitrogens with zero attached hydrogens (tertiary/aromatic N) is 2. The second-order valence-electron chi connectivity index (χ2n) is 9.64. The van der Waals surface area contributed by atoms with Gasteiger partial charge in [-0.25, -0.2) is 4.79 Å². The Bertz CT molecular complexity index is 1410. The van der Waals surface area contributed by atoms with Crippen molar-refractivity contribution >= 4 is 40.4 Å². The lowest BCUT2D eigenvalue weighted by atomic mass is 9.81. The number of nitrogens with one attached hydrogen (secondary N) is 1. The number of amides is 1. The van der Waals surface area contributed by atoms with Crippen LogP contribution in [0, 0.1) is 0 Å². The van der Waals surface area contributed by atoms with Gasteiger partial charge in [-0.3, -0.25) is 9.69 Å². The molecular weight excluding hydrogens is 498 g/mol. The van der Waals surface area contributed by atoms with Crippen molar-refractivity contribution in [1.29, 1.82) is 0 Å². The minimum absolute atomic E-state index is 0.222. The molecule has 3 aromatic carbocycles. The van der Waals surface area contributed by atoms with Crippen LogP contribution >= 0.6 is 11.6 Å². The number of rotatable bonds is 7. The molecule has 2 N–H and O–H groups in total. The molecule has 5 rings (SSSR count). The van der Waals surface area contributed by atoms with Crippen LogP contribution in [0.3, 0.4) is 0 Å². The molecule has 2 aliphatic rings. The maximum Gasteiger partial charge on any atom is 0.337 e. The van der Waals surface area contributed by atoms with Crippen LogP contribution in [0.2, 0.25) is 5.02 Å². The highest BCUT2D eigenvalue weighted by atomic mass is 35.5. The SMILES string of the molecule is C=CC(=O)Nc1ccc2c(c1)CCC(CN1CCN(c3ccccc3C(=O)O)CC1)=C2c1ccc(Cl)cc1. The number of aryl methyl sites for hydroxylation is 1. The summed E-state index contributed by atoms with van der Waals surface area (Å²) in [5.74, 6) is -1.12. The molecule has 0 spiro atoms. The molecule has 0 aromatic heterocycles. The number of halogens is 1. The lowest BCUT2D eigenvalue weighted by molar-refractivity contribution is -0.111. The molecule has 0 unspecified atom stereocenters. The molecule has 38 heavy (non-hydrogen) atoms. The van der Waals surface area contributed by atoms with Gasteiger partial charge in [0.15, 0.2) is 0 Å². The van der Waals surface area contributed by atoms with E-state index in [-0.39, 0.29) is 5.91 Å². The third-order valence-corrected chi connectivity index (χ3v) is 7.52. The summed E-state index contributed by atoms with van der Waals surface area (Å²) < 4.78 is 0. The highest BCUT2D eigenvalue weighted by Crippen LogP contribution is 2.38. The zero-order valence-corrected chi connectivity index (χ0v) is 21.9. The van der Waals surface area contributed by atoms with Crippen LogP contribution in [0.1, 0.15) is 33.5 Å². The second-order valence-corrected chi connectivity index (χ2v) is 10.1. The Kier molecular flexibility index (Phi) is 7.63. The van der Waals surface area contributed by atoms with E-state index in [1.165, 1.54) is 28.3 Å². The number of fused-ring (bicyclic) bond motifs is 1. The van der Waals surface area contributed by atoms with Gasteiger partial charge in [0.2, 0.25) is 5.91 Å². The van der Waals surface area contributed by atoms with Crippen molar-refractivity contribution in [3.8, 4) is 0 Å². The van der Waals surface area contributed by atoms with Gasteiger partial charge >= 0.3 is 5.97 Å². The monoisotopic (exact) mass is 527 g/mol. The molecule has 6 nitrogen and oxygen atoms in total. The predicted octanol–water partition coefficient (Wildman–Crippen LogP) is 5.73. The minimum atomic E-state index is -0.895. The Morgan fingerprint density at radius 3 is 2.42 bits per heavy atom. The summed E-state index contributed by atoms with van der Waals surface area (Å²) in [5.41, 5.74) is 8.01. The van der Waals surface area contributed by atoms with Gasteiger partial charge in [0.1, 0.15) is 0 Å². The van der Waals surface area contributed by atoms with Gasteiger partial charge in [-0.05, 0) is 83.2 Å². The van der Waals surface area contributed by atoms with Crippen molar-refractivity contribution in [2.24, 2.45) is 0 Å². The van der Waals surface area contributed by atoms with Gasteiger partial charge < -0.3 is 15.3 Å². The van der Waals surface area contributed by atoms with Crippen molar-refractivity contribution in [1.82, 2.24) is 4.90 Å². The van der Waals surface area contributed by atoms with Crippen molar-refractivity contribution in [3.05, 3.63) is 112 Å². The summed E-state index contributed by atoms with van der Waals surface area (Å²) in [6.07, 6.45) is 3.09. The molecule has 1 aliphatic heterocycles. The number of benzene rings is 3. The molecule has 0 radical (unpaired) electrons. The molecule has 0 saturated carbocycles. The number of para-hydroxylation sites is 1. The average Bonchev–Trinajstić information content (AvgIpc) is 2.94. The van der Waals surface area contributed by atoms with Crippen LogP contribution in [0.25, 0.3) is 5.57 Å². The van der Waals surface area contributed by atoms with Crippen LogP contribution in [-0.2, 0) is 11.2 Å². The van der Waals surface area contributed by atoms with E-state index in [9.17, 15) is 14.7 Å². The van der Waals surface area contributed by atoms with Gasteiger partial charge in [-0.1, -0.05) is 48.5 Å². The summed E-state index contributed by atoms with van der Waals surface area (Å²) in [6.45, 7) is 7.64. The number of carboxylic acid groups (broad SMARTS) is 1. The molecule has 1 heterocycles. The third-order valence-electron chi connectivity index (χ3n) is 7.27. The fourth-order valence-corrected chi connectivity index (χ4v) is 5.52. The number of carbonyl (C=O) groups excluding carboxylic acids is 1. The number of hydrogen-bond acceptors (Lipinski definition) is 4. The number of carboxylic acids is 1. The van der Waals surface area contributed by atoms with E-state index in [2.05, 4.69) is 46.0 Å². The normalized spacial score (nSPS) is 15.7. The molecule has 0 atom stereocenters. The lowest BCUT2D eigenvalue weighted by Gasteiger charge is -2.38. The number of piperazine rings is 1. The summed E-state index contributed by atoms with van der Waals surface area (Å²) in [4.78, 5) is 28.1. The van der Waals surface area contributed by atoms with Crippen LogP contribution in [-0.4, -0.2) is 54.6 Å². The Hall–Kier alpha value is -3.87. The number of aromatic carboxylic acids is 1. The zero-order valence-electron chi connectivity index (χ0n) is 21.1. The van der Waals surface area contributed by atoms with Crippen LogP contribution in [0.4, 0.5) is 11.4 Å². The molecule has 1 fully saturated rings. The van der Waals surface area contributed by atoms with E-state index in [0.29, 0.717) is 10.6 Å². The quantitative estimate of drug-likeness (QED) is 0.384. The fourth-order valence-electron chi connectivity index (χ4n) is 5.40. The van der Waals surface area contributed by atoms with E-state index in [1.807, 2.05) is 30.3 Å². The Labute approximate surface area is 227 Å². The van der Waals surface area contributed by atoms with Crippen molar-refractivity contribution in [2.75, 3.05) is 42.9 Å². The molecule has 1 saturated heterocycles. The summed E-state index contributed by atoms with van der Waals surface area (Å²) in [5, 5.41) is 13.2. The molecule has 1 aliphatic carbocycles. The summed E-state index contributed by atoms with van der Waals surface area (Å²) >= 11 is 6.21. The smallest absolute Gasteiger partial charge is 0.337 e. The van der Waals surface area contributed by atoms with E-state index in [4.69, 9.17) is 11.6 Å². The van der Waals surface area contributed by atoms with Gasteiger partial charge in [-0.2, -0.15) is 0 Å². The van der Waals surface area contributed by atoms with E-state index >= 15 is 0 Å². The van der Waals surface area contributed by atoms with Crippen LogP contribution in [0.5, 0.6) is 0 Å². The number of anilines is 2. The molecule has 1 amide bonds. The van der Waals surface area contributed by atoms with E-state index < -0.39 is 5.97 Å². The van der Waals surface area contributed by atoms with E-state index in [1.54, 1.807) is 12.1 Å². The second kappa shape index (κ2) is 11.3. The number of hydrogen-bond donors (Lipinski definition) is 2. The van der Waals surface area contributed by atoms with Crippen molar-refractivity contribution in [3.63, 3.8) is 0 Å². The number of carbonyl (C=O) groups is 2. The zero-order chi connectivity index (χ0) is 26.6. The Balaban J connectivity index is 1.40. The van der Waals surface area contributed by atoms with Crippen LogP contribution < -0.4 is 10.2 Å². The molecule has 3 aromatic rings. The molecule has 0 bridgehead atoms. The van der Waals surface area contributed by atoms with Gasteiger partial charge in [-0.15, -0.1) is 0 Å². The highest BCUT2D eigenvalue weighted by Gasteiger charge is 2.25.